The van der Waals surface area contributed by atoms with E-state index in [9.17, 15) is 32.3 Å². The van der Waals surface area contributed by atoms with Crippen molar-refractivity contribution < 1.29 is 27.5 Å². The van der Waals surface area contributed by atoms with Gasteiger partial charge in [-0.25, -0.2) is 4.39 Å². The van der Waals surface area contributed by atoms with Crippen LogP contribution in [0.3, 0.4) is 0 Å². The maximum atomic E-state index is 13.9. The number of aryl methyl sites for hydroxylation is 1. The zero-order valence-corrected chi connectivity index (χ0v) is 17.5. The number of hydrogen-bond donors (Lipinski definition) is 2. The van der Waals surface area contributed by atoms with E-state index < -0.39 is 40.3 Å². The molecule has 0 aliphatic heterocycles. The number of rotatable bonds is 3. The molecule has 0 radical (unpaired) electrons. The molecule has 2 N–H and O–H groups in total. The number of aromatic hydroxyl groups is 1. The fourth-order valence-corrected chi connectivity index (χ4v) is 4.18. The van der Waals surface area contributed by atoms with Gasteiger partial charge in [-0.1, -0.05) is 24.3 Å². The quantitative estimate of drug-likeness (QED) is 0.556. The molecule has 0 bridgehead atoms. The highest BCUT2D eigenvalue weighted by atomic mass is 19.4. The van der Waals surface area contributed by atoms with Crippen LogP contribution in [0.1, 0.15) is 45.9 Å². The van der Waals surface area contributed by atoms with E-state index in [-0.39, 0.29) is 17.3 Å². The first kappa shape index (κ1) is 22.6. The average molecular weight is 460 g/mol. The molecule has 5 nitrogen and oxygen atoms in total. The van der Waals surface area contributed by atoms with Gasteiger partial charge in [0.2, 0.25) is 0 Å². The van der Waals surface area contributed by atoms with Gasteiger partial charge in [-0.3, -0.25) is 9.59 Å². The zero-order valence-electron chi connectivity index (χ0n) is 17.5. The molecule has 33 heavy (non-hydrogen) atoms. The highest BCUT2D eigenvalue weighted by Gasteiger charge is 2.32. The fraction of sp³-hybridized carbons (Fsp3) is 0.250. The average Bonchev–Trinajstić information content (AvgIpc) is 2.77. The van der Waals surface area contributed by atoms with Crippen LogP contribution in [-0.2, 0) is 19.6 Å². The first-order valence-corrected chi connectivity index (χ1v) is 10.3. The molecule has 2 aromatic carbocycles. The molecule has 0 saturated carbocycles. The van der Waals surface area contributed by atoms with Crippen LogP contribution in [0.15, 0.2) is 53.3 Å². The second-order valence-corrected chi connectivity index (χ2v) is 8.00. The minimum atomic E-state index is -4.80. The van der Waals surface area contributed by atoms with Crippen molar-refractivity contribution in [2.24, 2.45) is 7.05 Å². The van der Waals surface area contributed by atoms with Crippen molar-refractivity contribution >= 4 is 5.91 Å². The van der Waals surface area contributed by atoms with Crippen LogP contribution >= 0.6 is 0 Å². The molecule has 0 spiro atoms. The summed E-state index contributed by atoms with van der Waals surface area (Å²) < 4.78 is 54.3. The summed E-state index contributed by atoms with van der Waals surface area (Å²) in [6.45, 7) is 0. The summed E-state index contributed by atoms with van der Waals surface area (Å²) in [6, 6.07) is 10.2. The van der Waals surface area contributed by atoms with Crippen molar-refractivity contribution in [2.75, 3.05) is 0 Å². The molecular weight excluding hydrogens is 440 g/mol. The van der Waals surface area contributed by atoms with E-state index in [2.05, 4.69) is 5.32 Å². The lowest BCUT2D eigenvalue weighted by Gasteiger charge is -2.26. The van der Waals surface area contributed by atoms with Crippen LogP contribution in [0.2, 0.25) is 0 Å². The van der Waals surface area contributed by atoms with E-state index in [1.54, 1.807) is 0 Å². The molecule has 9 heteroatoms. The Morgan fingerprint density at radius 3 is 2.61 bits per heavy atom. The summed E-state index contributed by atoms with van der Waals surface area (Å²) >= 11 is 0. The summed E-state index contributed by atoms with van der Waals surface area (Å²) in [6.07, 6.45) is -2.45. The van der Waals surface area contributed by atoms with Crippen molar-refractivity contribution in [1.29, 1.82) is 0 Å². The molecule has 1 aromatic heterocycles. The molecule has 1 amide bonds. The van der Waals surface area contributed by atoms with Gasteiger partial charge in [-0.15, -0.1) is 0 Å². The molecule has 4 rings (SSSR count). The molecule has 172 valence electrons. The van der Waals surface area contributed by atoms with Gasteiger partial charge in [-0.05, 0) is 54.7 Å². The Morgan fingerprint density at radius 1 is 1.15 bits per heavy atom. The van der Waals surface area contributed by atoms with E-state index in [0.29, 0.717) is 18.6 Å². The summed E-state index contributed by atoms with van der Waals surface area (Å²) in [7, 11) is 1.22. The number of carbonyl (C=O) groups is 1. The Kier molecular flexibility index (Phi) is 5.73. The summed E-state index contributed by atoms with van der Waals surface area (Å²) in [4.78, 5) is 25.6. The van der Waals surface area contributed by atoms with E-state index in [1.807, 2.05) is 24.3 Å². The minimum Gasteiger partial charge on any atom is -0.502 e. The number of pyridine rings is 1. The van der Waals surface area contributed by atoms with Crippen molar-refractivity contribution in [3.8, 4) is 17.0 Å². The van der Waals surface area contributed by atoms with E-state index >= 15 is 0 Å². The standard InChI is InChI=1S/C24H20F4N2O3/c1-30-20(14-9-15(24(26,27)28)11-16(25)10-14)12-18(21(31)23(30)33)22(32)29-19-8-4-6-13-5-2-3-7-17(13)19/h2-3,5,7,9-12,19,31H,4,6,8H2,1H3,(H,29,32)/t19-/m0/s1. The van der Waals surface area contributed by atoms with E-state index in [0.717, 1.165) is 40.7 Å². The van der Waals surface area contributed by atoms with E-state index in [1.165, 1.54) is 7.05 Å². The summed E-state index contributed by atoms with van der Waals surface area (Å²) in [5.74, 6) is -2.74. The van der Waals surface area contributed by atoms with Crippen molar-refractivity contribution in [2.45, 2.75) is 31.5 Å². The molecule has 1 aliphatic carbocycles. The maximum absolute atomic E-state index is 13.9. The van der Waals surface area contributed by atoms with Gasteiger partial charge in [-0.2, -0.15) is 13.2 Å². The number of fused-ring (bicyclic) bond motifs is 1. The lowest BCUT2D eigenvalue weighted by molar-refractivity contribution is -0.137. The lowest BCUT2D eigenvalue weighted by Crippen LogP contribution is -2.32. The van der Waals surface area contributed by atoms with Crippen molar-refractivity contribution in [3.63, 3.8) is 0 Å². The van der Waals surface area contributed by atoms with Gasteiger partial charge in [0.15, 0.2) is 5.75 Å². The third-order valence-corrected chi connectivity index (χ3v) is 5.84. The Labute approximate surface area is 186 Å². The third kappa shape index (κ3) is 4.35. The number of nitrogens with zero attached hydrogens (tertiary/aromatic N) is 1. The second-order valence-electron chi connectivity index (χ2n) is 8.00. The molecule has 0 fully saturated rings. The number of amides is 1. The molecule has 0 saturated heterocycles. The van der Waals surface area contributed by atoms with Gasteiger partial charge >= 0.3 is 6.18 Å². The second kappa shape index (κ2) is 8.38. The zero-order chi connectivity index (χ0) is 23.9. The van der Waals surface area contributed by atoms with Gasteiger partial charge in [0.05, 0.1) is 22.9 Å². The first-order chi connectivity index (χ1) is 15.6. The van der Waals surface area contributed by atoms with Crippen molar-refractivity contribution in [3.05, 3.63) is 87.0 Å². The predicted molar refractivity (Wildman–Crippen MR) is 113 cm³/mol. The Hall–Kier alpha value is -3.62. The largest absolute Gasteiger partial charge is 0.502 e. The summed E-state index contributed by atoms with van der Waals surface area (Å²) in [5.41, 5.74) is -0.990. The topological polar surface area (TPSA) is 71.3 Å². The minimum absolute atomic E-state index is 0.142. The number of carbonyl (C=O) groups excluding carboxylic acids is 1. The molecule has 1 heterocycles. The maximum Gasteiger partial charge on any atom is 0.416 e. The summed E-state index contributed by atoms with van der Waals surface area (Å²) in [5, 5.41) is 13.1. The van der Waals surface area contributed by atoms with Crippen LogP contribution < -0.4 is 10.9 Å². The lowest BCUT2D eigenvalue weighted by atomic mass is 9.87. The predicted octanol–water partition coefficient (Wildman–Crippen LogP) is 4.72. The van der Waals surface area contributed by atoms with Gasteiger partial charge in [0, 0.05) is 12.6 Å². The van der Waals surface area contributed by atoms with Crippen LogP contribution in [0.5, 0.6) is 5.75 Å². The Balaban J connectivity index is 1.76. The number of halogens is 4. The van der Waals surface area contributed by atoms with Crippen LogP contribution in [0.4, 0.5) is 17.6 Å². The van der Waals surface area contributed by atoms with Crippen LogP contribution in [0.25, 0.3) is 11.3 Å². The molecule has 3 aromatic rings. The smallest absolute Gasteiger partial charge is 0.416 e. The highest BCUT2D eigenvalue weighted by Crippen LogP contribution is 2.34. The molecule has 0 unspecified atom stereocenters. The number of benzene rings is 2. The number of aromatic nitrogens is 1. The number of alkyl halides is 3. The van der Waals surface area contributed by atoms with Crippen LogP contribution in [0, 0.1) is 5.82 Å². The molecular formula is C24H20F4N2O3. The fourth-order valence-electron chi connectivity index (χ4n) is 4.18. The van der Waals surface area contributed by atoms with Gasteiger partial charge in [0.25, 0.3) is 11.5 Å². The number of hydrogen-bond acceptors (Lipinski definition) is 3. The molecule has 1 atom stereocenters. The van der Waals surface area contributed by atoms with Crippen LogP contribution in [-0.4, -0.2) is 15.6 Å². The van der Waals surface area contributed by atoms with E-state index in [4.69, 9.17) is 0 Å². The normalized spacial score (nSPS) is 15.7. The van der Waals surface area contributed by atoms with Crippen molar-refractivity contribution in [1.82, 2.24) is 9.88 Å². The van der Waals surface area contributed by atoms with Gasteiger partial charge in [0.1, 0.15) is 5.82 Å². The number of nitrogens with one attached hydrogen (secondary N) is 1. The van der Waals surface area contributed by atoms with Gasteiger partial charge < -0.3 is 15.0 Å². The highest BCUT2D eigenvalue weighted by molar-refractivity contribution is 5.98. The SMILES string of the molecule is Cn1c(-c2cc(F)cc(C(F)(F)F)c2)cc(C(=O)N[C@H]2CCCc3ccccc32)c(O)c1=O. The molecule has 1 aliphatic rings. The Bertz CT molecular complexity index is 1300. The third-order valence-electron chi connectivity index (χ3n) is 5.84. The first-order valence-electron chi connectivity index (χ1n) is 10.3. The Morgan fingerprint density at radius 2 is 1.88 bits per heavy atom. The monoisotopic (exact) mass is 460 g/mol.